The highest BCUT2D eigenvalue weighted by molar-refractivity contribution is 6.02. The van der Waals surface area contributed by atoms with Crippen molar-refractivity contribution in [2.24, 2.45) is 5.92 Å². The van der Waals surface area contributed by atoms with Gasteiger partial charge in [-0.05, 0) is 30.9 Å². The first-order chi connectivity index (χ1) is 19.0. The molecule has 0 heterocycles. The van der Waals surface area contributed by atoms with Gasteiger partial charge in [-0.15, -0.1) is 0 Å². The lowest BCUT2D eigenvalue weighted by Crippen LogP contribution is -2.26. The van der Waals surface area contributed by atoms with Crippen molar-refractivity contribution in [1.29, 1.82) is 0 Å². The minimum absolute atomic E-state index is 0.000721. The third-order valence-corrected chi connectivity index (χ3v) is 6.60. The topological polar surface area (TPSA) is 101 Å². The normalized spacial score (nSPS) is 12.8. The summed E-state index contributed by atoms with van der Waals surface area (Å²) in [4.78, 5) is 24.0. The van der Waals surface area contributed by atoms with Crippen molar-refractivity contribution in [3.8, 4) is 0 Å². The number of rotatable bonds is 26. The minimum Gasteiger partial charge on any atom is -0.478 e. The average Bonchev–Trinajstić information content (AvgIpc) is 2.95. The highest BCUT2D eigenvalue weighted by Crippen LogP contribution is 2.13. The van der Waals surface area contributed by atoms with Gasteiger partial charge in [0.1, 0.15) is 6.61 Å². The van der Waals surface area contributed by atoms with Crippen LogP contribution in [0.3, 0.4) is 0 Å². The fourth-order valence-electron chi connectivity index (χ4n) is 4.08. The van der Waals surface area contributed by atoms with E-state index in [1.54, 1.807) is 12.1 Å². The van der Waals surface area contributed by atoms with Gasteiger partial charge >= 0.3 is 11.9 Å². The summed E-state index contributed by atoms with van der Waals surface area (Å²) in [6, 6.07) is 6.02. The van der Waals surface area contributed by atoms with Crippen LogP contribution in [0.2, 0.25) is 0 Å². The lowest BCUT2D eigenvalue weighted by Gasteiger charge is -2.19. The molecule has 1 N–H and O–H groups in total. The van der Waals surface area contributed by atoms with E-state index in [1.165, 1.54) is 57.1 Å². The van der Waals surface area contributed by atoms with Gasteiger partial charge in [-0.1, -0.05) is 77.8 Å². The Kier molecular flexibility index (Phi) is 21.4. The van der Waals surface area contributed by atoms with Crippen molar-refractivity contribution < 1.29 is 38.4 Å². The van der Waals surface area contributed by atoms with Crippen molar-refractivity contribution in [2.75, 3.05) is 52.9 Å². The molecule has 0 amide bonds. The number of hydrogen-bond donors (Lipinski definition) is 1. The van der Waals surface area contributed by atoms with E-state index >= 15 is 0 Å². The number of ether oxygens (including phenoxy) is 5. The maximum absolute atomic E-state index is 12.6. The van der Waals surface area contributed by atoms with Gasteiger partial charge in [-0.2, -0.15) is 0 Å². The summed E-state index contributed by atoms with van der Waals surface area (Å²) >= 11 is 0. The first kappa shape index (κ1) is 35.0. The van der Waals surface area contributed by atoms with Crippen LogP contribution in [0, 0.1) is 5.92 Å². The van der Waals surface area contributed by atoms with E-state index in [2.05, 4.69) is 20.8 Å². The van der Waals surface area contributed by atoms with Gasteiger partial charge in [0, 0.05) is 26.2 Å². The maximum atomic E-state index is 12.6. The van der Waals surface area contributed by atoms with E-state index in [4.69, 9.17) is 23.7 Å². The van der Waals surface area contributed by atoms with E-state index in [9.17, 15) is 14.7 Å². The molecule has 0 saturated heterocycles. The van der Waals surface area contributed by atoms with Crippen molar-refractivity contribution in [2.45, 2.75) is 91.1 Å². The van der Waals surface area contributed by atoms with Crippen LogP contribution in [-0.2, 0) is 23.7 Å². The summed E-state index contributed by atoms with van der Waals surface area (Å²) < 4.78 is 28.6. The van der Waals surface area contributed by atoms with E-state index in [-0.39, 0.29) is 17.7 Å². The largest absolute Gasteiger partial charge is 0.478 e. The molecule has 2 unspecified atom stereocenters. The Morgan fingerprint density at radius 2 is 1.38 bits per heavy atom. The predicted octanol–water partition coefficient (Wildman–Crippen LogP) is 6.55. The molecule has 0 aliphatic carbocycles. The predicted molar refractivity (Wildman–Crippen MR) is 153 cm³/mol. The van der Waals surface area contributed by atoms with Crippen molar-refractivity contribution in [3.05, 3.63) is 35.4 Å². The van der Waals surface area contributed by atoms with Gasteiger partial charge in [0.15, 0.2) is 0 Å². The quantitative estimate of drug-likeness (QED) is 0.102. The minimum atomic E-state index is -1.17. The zero-order chi connectivity index (χ0) is 28.6. The second-order valence-corrected chi connectivity index (χ2v) is 9.86. The standard InChI is InChI=1S/C31H52O8/c1-4-7-9-10-13-18-35-22-23-38-27(17-19-36-20-21-37-24-26(6-3)14-8-5-2)25-39-31(34)29-16-12-11-15-28(29)30(32)33/h11-12,15-16,26-27H,4-10,13-14,17-25H2,1-3H3,(H,32,33). The molecule has 224 valence electrons. The van der Waals surface area contributed by atoms with Gasteiger partial charge in [0.25, 0.3) is 0 Å². The maximum Gasteiger partial charge on any atom is 0.339 e. The Balaban J connectivity index is 2.42. The van der Waals surface area contributed by atoms with E-state index in [1.807, 2.05) is 0 Å². The molecule has 1 rings (SSSR count). The molecule has 8 heteroatoms. The fraction of sp³-hybridized carbons (Fsp3) is 0.742. The number of carboxylic acids is 1. The van der Waals surface area contributed by atoms with Crippen LogP contribution in [0.4, 0.5) is 0 Å². The second kappa shape index (κ2) is 23.9. The number of unbranched alkanes of at least 4 members (excludes halogenated alkanes) is 5. The molecule has 0 saturated carbocycles. The lowest BCUT2D eigenvalue weighted by molar-refractivity contribution is -0.0454. The smallest absolute Gasteiger partial charge is 0.339 e. The van der Waals surface area contributed by atoms with Gasteiger partial charge in [-0.3, -0.25) is 0 Å². The Bertz CT molecular complexity index is 754. The van der Waals surface area contributed by atoms with Crippen LogP contribution in [0.25, 0.3) is 0 Å². The molecule has 0 aliphatic heterocycles. The van der Waals surface area contributed by atoms with Gasteiger partial charge in [0.05, 0.1) is 43.7 Å². The molecular formula is C31H52O8. The van der Waals surface area contributed by atoms with Gasteiger partial charge in [0.2, 0.25) is 0 Å². The number of esters is 1. The number of carbonyl (C=O) groups excluding carboxylic acids is 1. The first-order valence-corrected chi connectivity index (χ1v) is 14.9. The molecule has 0 spiro atoms. The Hall–Kier alpha value is -2.00. The first-order valence-electron chi connectivity index (χ1n) is 14.9. The summed E-state index contributed by atoms with van der Waals surface area (Å²) in [5.41, 5.74) is -0.0662. The number of hydrogen-bond acceptors (Lipinski definition) is 7. The highest BCUT2D eigenvalue weighted by Gasteiger charge is 2.19. The zero-order valence-electron chi connectivity index (χ0n) is 24.5. The summed E-state index contributed by atoms with van der Waals surface area (Å²) in [5, 5.41) is 9.35. The van der Waals surface area contributed by atoms with Crippen LogP contribution in [0.1, 0.15) is 106 Å². The second-order valence-electron chi connectivity index (χ2n) is 9.86. The van der Waals surface area contributed by atoms with Crippen LogP contribution in [0.5, 0.6) is 0 Å². The van der Waals surface area contributed by atoms with Crippen molar-refractivity contribution >= 4 is 11.9 Å². The van der Waals surface area contributed by atoms with Crippen LogP contribution < -0.4 is 0 Å². The van der Waals surface area contributed by atoms with Crippen LogP contribution in [0.15, 0.2) is 24.3 Å². The van der Waals surface area contributed by atoms with E-state index < -0.39 is 18.0 Å². The van der Waals surface area contributed by atoms with Crippen LogP contribution in [-0.4, -0.2) is 76.0 Å². The molecule has 0 fully saturated rings. The molecule has 8 nitrogen and oxygen atoms in total. The molecule has 0 aromatic heterocycles. The summed E-state index contributed by atoms with van der Waals surface area (Å²) in [7, 11) is 0. The molecule has 2 atom stereocenters. The molecular weight excluding hydrogens is 500 g/mol. The molecule has 0 radical (unpaired) electrons. The zero-order valence-corrected chi connectivity index (χ0v) is 24.5. The third-order valence-electron chi connectivity index (χ3n) is 6.60. The summed E-state index contributed by atoms with van der Waals surface area (Å²) in [6.07, 6.45) is 10.8. The number of carboxylic acid groups (broad SMARTS) is 1. The van der Waals surface area contributed by atoms with Gasteiger partial charge < -0.3 is 28.8 Å². The summed E-state index contributed by atoms with van der Waals surface area (Å²) in [6.45, 7) is 10.4. The fourth-order valence-corrected chi connectivity index (χ4v) is 4.08. The Morgan fingerprint density at radius 1 is 0.718 bits per heavy atom. The molecule has 0 aliphatic rings. The highest BCUT2D eigenvalue weighted by atomic mass is 16.6. The summed E-state index contributed by atoms with van der Waals surface area (Å²) in [5.74, 6) is -1.26. The monoisotopic (exact) mass is 552 g/mol. The van der Waals surface area contributed by atoms with Gasteiger partial charge in [-0.25, -0.2) is 9.59 Å². The molecule has 39 heavy (non-hydrogen) atoms. The third kappa shape index (κ3) is 17.3. The van der Waals surface area contributed by atoms with Crippen molar-refractivity contribution in [3.63, 3.8) is 0 Å². The lowest BCUT2D eigenvalue weighted by atomic mass is 10.0. The molecule has 0 bridgehead atoms. The molecule has 1 aromatic rings. The molecule has 1 aromatic carbocycles. The van der Waals surface area contributed by atoms with Crippen molar-refractivity contribution in [1.82, 2.24) is 0 Å². The Labute approximate surface area is 235 Å². The number of benzene rings is 1. The Morgan fingerprint density at radius 3 is 2.10 bits per heavy atom. The number of aromatic carboxylic acids is 1. The van der Waals surface area contributed by atoms with E-state index in [0.717, 1.165) is 19.4 Å². The van der Waals surface area contributed by atoms with Crippen LogP contribution >= 0.6 is 0 Å². The SMILES string of the molecule is CCCCCCCOCCOC(CCOCCOCC(CC)CCCC)COC(=O)c1ccccc1C(=O)O. The average molecular weight is 553 g/mol. The van der Waals surface area contributed by atoms with E-state index in [0.29, 0.717) is 52.0 Å². The number of carbonyl (C=O) groups is 2.